The molecular formula is C10H12ClF. The van der Waals surface area contributed by atoms with Gasteiger partial charge in [-0.05, 0) is 36.1 Å². The average Bonchev–Trinajstić information content (AvgIpc) is 2.08. The van der Waals surface area contributed by atoms with E-state index in [1.54, 1.807) is 12.1 Å². The molecule has 1 unspecified atom stereocenters. The van der Waals surface area contributed by atoms with Gasteiger partial charge in [-0.15, -0.1) is 0 Å². The fraction of sp³-hybridized carbons (Fsp3) is 0.400. The first kappa shape index (κ1) is 9.53. The van der Waals surface area contributed by atoms with Gasteiger partial charge in [-0.3, -0.25) is 0 Å². The molecule has 0 aromatic heterocycles. The minimum absolute atomic E-state index is 0.159. The Morgan fingerprint density at radius 3 is 2.75 bits per heavy atom. The highest BCUT2D eigenvalue weighted by molar-refractivity contribution is 6.30. The topological polar surface area (TPSA) is 0 Å². The van der Waals surface area contributed by atoms with Crippen LogP contribution in [0.2, 0.25) is 5.02 Å². The van der Waals surface area contributed by atoms with E-state index < -0.39 is 0 Å². The second-order valence-electron chi connectivity index (χ2n) is 2.98. The Balaban J connectivity index is 3.04. The summed E-state index contributed by atoms with van der Waals surface area (Å²) in [6.45, 7) is 4.03. The average molecular weight is 187 g/mol. The highest BCUT2D eigenvalue weighted by Gasteiger charge is 2.08. The second-order valence-corrected chi connectivity index (χ2v) is 3.41. The van der Waals surface area contributed by atoms with Crippen molar-refractivity contribution in [1.82, 2.24) is 0 Å². The summed E-state index contributed by atoms with van der Waals surface area (Å²) in [5.41, 5.74) is 0.713. The molecule has 0 N–H and O–H groups in total. The van der Waals surface area contributed by atoms with Crippen molar-refractivity contribution in [3.05, 3.63) is 34.6 Å². The van der Waals surface area contributed by atoms with E-state index in [0.29, 0.717) is 10.6 Å². The molecular weight excluding hydrogens is 175 g/mol. The van der Waals surface area contributed by atoms with Gasteiger partial charge in [-0.1, -0.05) is 25.4 Å². The van der Waals surface area contributed by atoms with Crippen LogP contribution in [0.5, 0.6) is 0 Å². The molecule has 0 heterocycles. The monoisotopic (exact) mass is 186 g/mol. The minimum Gasteiger partial charge on any atom is -0.207 e. The molecule has 0 amide bonds. The van der Waals surface area contributed by atoms with E-state index >= 15 is 0 Å². The van der Waals surface area contributed by atoms with Crippen LogP contribution in [0, 0.1) is 5.82 Å². The van der Waals surface area contributed by atoms with Crippen molar-refractivity contribution in [1.29, 1.82) is 0 Å². The maximum absolute atomic E-state index is 13.1. The van der Waals surface area contributed by atoms with Gasteiger partial charge in [0.25, 0.3) is 0 Å². The maximum atomic E-state index is 13.1. The molecule has 0 saturated heterocycles. The molecule has 0 aliphatic heterocycles. The number of benzene rings is 1. The largest absolute Gasteiger partial charge is 0.207 e. The summed E-state index contributed by atoms with van der Waals surface area (Å²) >= 11 is 5.75. The van der Waals surface area contributed by atoms with Gasteiger partial charge >= 0.3 is 0 Å². The van der Waals surface area contributed by atoms with Gasteiger partial charge in [0, 0.05) is 5.02 Å². The zero-order valence-electron chi connectivity index (χ0n) is 7.27. The van der Waals surface area contributed by atoms with Gasteiger partial charge in [0.05, 0.1) is 0 Å². The van der Waals surface area contributed by atoms with Crippen molar-refractivity contribution in [2.24, 2.45) is 0 Å². The summed E-state index contributed by atoms with van der Waals surface area (Å²) in [6, 6.07) is 4.69. The van der Waals surface area contributed by atoms with Crippen molar-refractivity contribution >= 4 is 11.6 Å². The van der Waals surface area contributed by atoms with Crippen LogP contribution >= 0.6 is 11.6 Å². The molecule has 66 valence electrons. The Labute approximate surface area is 77.4 Å². The Kier molecular flexibility index (Phi) is 3.10. The van der Waals surface area contributed by atoms with Gasteiger partial charge in [0.15, 0.2) is 0 Å². The van der Waals surface area contributed by atoms with Crippen molar-refractivity contribution in [2.45, 2.75) is 26.2 Å². The SMILES string of the molecule is CCC(C)c1cc(Cl)ccc1F. The summed E-state index contributed by atoms with van der Waals surface area (Å²) in [4.78, 5) is 0. The first-order chi connectivity index (χ1) is 5.65. The quantitative estimate of drug-likeness (QED) is 0.655. The first-order valence-corrected chi connectivity index (χ1v) is 4.48. The van der Waals surface area contributed by atoms with Crippen LogP contribution in [0.15, 0.2) is 18.2 Å². The molecule has 0 radical (unpaired) electrons. The van der Waals surface area contributed by atoms with Gasteiger partial charge in [-0.25, -0.2) is 4.39 Å². The van der Waals surface area contributed by atoms with E-state index in [4.69, 9.17) is 11.6 Å². The standard InChI is InChI=1S/C10H12ClF/c1-3-7(2)9-6-8(11)4-5-10(9)12/h4-7H,3H2,1-2H3. The van der Waals surface area contributed by atoms with Gasteiger partial charge in [-0.2, -0.15) is 0 Å². The molecule has 0 bridgehead atoms. The van der Waals surface area contributed by atoms with E-state index in [1.807, 2.05) is 13.8 Å². The minimum atomic E-state index is -0.159. The fourth-order valence-electron chi connectivity index (χ4n) is 1.11. The molecule has 0 nitrogen and oxygen atoms in total. The molecule has 1 aromatic carbocycles. The molecule has 2 heteroatoms. The molecule has 1 aromatic rings. The first-order valence-electron chi connectivity index (χ1n) is 4.10. The van der Waals surface area contributed by atoms with E-state index in [2.05, 4.69) is 0 Å². The maximum Gasteiger partial charge on any atom is 0.126 e. The summed E-state index contributed by atoms with van der Waals surface area (Å²) in [7, 11) is 0. The lowest BCUT2D eigenvalue weighted by Crippen LogP contribution is -1.95. The van der Waals surface area contributed by atoms with E-state index in [0.717, 1.165) is 6.42 Å². The van der Waals surface area contributed by atoms with E-state index in [-0.39, 0.29) is 11.7 Å². The van der Waals surface area contributed by atoms with Crippen molar-refractivity contribution in [2.75, 3.05) is 0 Å². The molecule has 0 spiro atoms. The third kappa shape index (κ3) is 1.98. The number of halogens is 2. The molecule has 0 aliphatic rings. The highest BCUT2D eigenvalue weighted by atomic mass is 35.5. The summed E-state index contributed by atoms with van der Waals surface area (Å²) < 4.78 is 13.1. The molecule has 1 rings (SSSR count). The summed E-state index contributed by atoms with van der Waals surface area (Å²) in [6.07, 6.45) is 0.928. The predicted molar refractivity (Wildman–Crippen MR) is 50.1 cm³/mol. The van der Waals surface area contributed by atoms with Crippen LogP contribution in [0.4, 0.5) is 4.39 Å². The van der Waals surface area contributed by atoms with Crippen LogP contribution in [-0.4, -0.2) is 0 Å². The van der Waals surface area contributed by atoms with Gasteiger partial charge < -0.3 is 0 Å². The lowest BCUT2D eigenvalue weighted by Gasteiger charge is -2.09. The number of hydrogen-bond acceptors (Lipinski definition) is 0. The summed E-state index contributed by atoms with van der Waals surface area (Å²) in [5.74, 6) is 0.0810. The highest BCUT2D eigenvalue weighted by Crippen LogP contribution is 2.24. The Morgan fingerprint density at radius 1 is 1.50 bits per heavy atom. The van der Waals surface area contributed by atoms with Crippen LogP contribution in [0.1, 0.15) is 31.7 Å². The van der Waals surface area contributed by atoms with Crippen molar-refractivity contribution in [3.8, 4) is 0 Å². The van der Waals surface area contributed by atoms with E-state index in [9.17, 15) is 4.39 Å². The van der Waals surface area contributed by atoms with Crippen molar-refractivity contribution in [3.63, 3.8) is 0 Å². The fourth-order valence-corrected chi connectivity index (χ4v) is 1.29. The molecule has 12 heavy (non-hydrogen) atoms. The zero-order chi connectivity index (χ0) is 9.14. The lowest BCUT2D eigenvalue weighted by molar-refractivity contribution is 0.584. The molecule has 0 aliphatic carbocycles. The third-order valence-electron chi connectivity index (χ3n) is 2.10. The number of rotatable bonds is 2. The zero-order valence-corrected chi connectivity index (χ0v) is 8.03. The van der Waals surface area contributed by atoms with Gasteiger partial charge in [0.1, 0.15) is 5.82 Å². The molecule has 1 atom stereocenters. The Bertz CT molecular complexity index is 271. The van der Waals surface area contributed by atoms with Crippen LogP contribution in [-0.2, 0) is 0 Å². The van der Waals surface area contributed by atoms with E-state index in [1.165, 1.54) is 6.07 Å². The summed E-state index contributed by atoms with van der Waals surface area (Å²) in [5, 5.41) is 0.603. The van der Waals surface area contributed by atoms with Crippen LogP contribution in [0.25, 0.3) is 0 Å². The number of hydrogen-bond donors (Lipinski definition) is 0. The Hall–Kier alpha value is -0.560. The molecule has 0 saturated carbocycles. The van der Waals surface area contributed by atoms with Crippen molar-refractivity contribution < 1.29 is 4.39 Å². The van der Waals surface area contributed by atoms with Crippen LogP contribution < -0.4 is 0 Å². The lowest BCUT2D eigenvalue weighted by atomic mass is 9.98. The normalized spacial score (nSPS) is 13.0. The predicted octanol–water partition coefficient (Wildman–Crippen LogP) is 3.99. The second kappa shape index (κ2) is 3.90. The smallest absolute Gasteiger partial charge is 0.126 e. The van der Waals surface area contributed by atoms with Gasteiger partial charge in [0.2, 0.25) is 0 Å². The Morgan fingerprint density at radius 2 is 2.17 bits per heavy atom. The van der Waals surface area contributed by atoms with Crippen LogP contribution in [0.3, 0.4) is 0 Å². The third-order valence-corrected chi connectivity index (χ3v) is 2.34. The molecule has 0 fully saturated rings.